The number of esters is 1. The minimum atomic E-state index is -0.369. The van der Waals surface area contributed by atoms with E-state index in [2.05, 4.69) is 5.10 Å². The third-order valence-electron chi connectivity index (χ3n) is 6.78. The summed E-state index contributed by atoms with van der Waals surface area (Å²) in [6.07, 6.45) is 3.78. The molecule has 1 aromatic carbocycles. The number of hydrogen-bond acceptors (Lipinski definition) is 5. The van der Waals surface area contributed by atoms with Gasteiger partial charge < -0.3 is 14.4 Å². The van der Waals surface area contributed by atoms with E-state index in [1.807, 2.05) is 36.1 Å². The van der Waals surface area contributed by atoms with Crippen LogP contribution in [-0.2, 0) is 22.5 Å². The molecule has 0 spiro atoms. The number of carbonyl (C=O) groups excluding carboxylic acids is 2. The minimum absolute atomic E-state index is 0.0515. The second-order valence-electron chi connectivity index (χ2n) is 8.86. The lowest BCUT2D eigenvalue weighted by molar-refractivity contribution is -0.133. The normalized spacial score (nSPS) is 22.1. The predicted molar refractivity (Wildman–Crippen MR) is 114 cm³/mol. The predicted octanol–water partition coefficient (Wildman–Crippen LogP) is 3.10. The highest BCUT2D eigenvalue weighted by Crippen LogP contribution is 2.57. The number of rotatable bonds is 6. The molecular weight excluding hydrogens is 394 g/mol. The third-order valence-corrected chi connectivity index (χ3v) is 6.78. The van der Waals surface area contributed by atoms with Gasteiger partial charge >= 0.3 is 5.97 Å². The van der Waals surface area contributed by atoms with Crippen LogP contribution in [0.2, 0.25) is 0 Å². The Labute approximate surface area is 182 Å². The van der Waals surface area contributed by atoms with E-state index in [0.717, 1.165) is 48.3 Å². The molecule has 2 aliphatic carbocycles. The molecule has 2 fully saturated rings. The molecular formula is C24H29N3O4. The van der Waals surface area contributed by atoms with Crippen LogP contribution in [0.3, 0.4) is 0 Å². The number of likely N-dealkylation sites (tertiary alicyclic amines) is 1. The molecule has 0 radical (unpaired) electrons. The fourth-order valence-electron chi connectivity index (χ4n) is 4.99. The summed E-state index contributed by atoms with van der Waals surface area (Å²) in [5.74, 6) is 1.64. The Morgan fingerprint density at radius 3 is 2.71 bits per heavy atom. The van der Waals surface area contributed by atoms with E-state index in [9.17, 15) is 9.59 Å². The maximum atomic E-state index is 13.0. The number of para-hydroxylation sites is 1. The number of ether oxygens (including phenoxy) is 2. The standard InChI is InChI=1S/C24H29N3O4/c1-3-30-24(29)23-22-18-12-16(18)13-19(22)27(25-23)14-21(28)26-10-8-17(9-11-26)31-20-7-5-4-6-15(20)2/h4-7,16-18H,3,8-14H2,1-2H3/t16-,18-/m1/s1. The molecule has 3 aliphatic rings. The first-order valence-electron chi connectivity index (χ1n) is 11.3. The van der Waals surface area contributed by atoms with Gasteiger partial charge in [-0.05, 0) is 50.2 Å². The van der Waals surface area contributed by atoms with Crippen molar-refractivity contribution in [3.63, 3.8) is 0 Å². The Morgan fingerprint density at radius 2 is 1.97 bits per heavy atom. The molecule has 2 aromatic rings. The highest BCUT2D eigenvalue weighted by molar-refractivity contribution is 5.90. The molecule has 5 rings (SSSR count). The average molecular weight is 424 g/mol. The van der Waals surface area contributed by atoms with Gasteiger partial charge in [0.1, 0.15) is 18.4 Å². The highest BCUT2D eigenvalue weighted by Gasteiger charge is 2.50. The number of fused-ring (bicyclic) bond motifs is 3. The summed E-state index contributed by atoms with van der Waals surface area (Å²) in [6, 6.07) is 8.03. The van der Waals surface area contributed by atoms with Crippen LogP contribution < -0.4 is 4.74 Å². The Kier molecular flexibility index (Phi) is 5.20. The Morgan fingerprint density at radius 1 is 1.19 bits per heavy atom. The van der Waals surface area contributed by atoms with Crippen LogP contribution >= 0.6 is 0 Å². The number of carbonyl (C=O) groups is 2. The summed E-state index contributed by atoms with van der Waals surface area (Å²) in [6.45, 7) is 5.71. The van der Waals surface area contributed by atoms with Gasteiger partial charge in [-0.25, -0.2) is 4.79 Å². The number of nitrogens with zero attached hydrogens (tertiary/aromatic N) is 3. The second-order valence-corrected chi connectivity index (χ2v) is 8.86. The zero-order valence-corrected chi connectivity index (χ0v) is 18.2. The van der Waals surface area contributed by atoms with E-state index >= 15 is 0 Å². The Bertz CT molecular complexity index is 1010. The first kappa shape index (κ1) is 20.1. The molecule has 1 saturated heterocycles. The van der Waals surface area contributed by atoms with Crippen molar-refractivity contribution in [1.29, 1.82) is 0 Å². The van der Waals surface area contributed by atoms with Crippen LogP contribution in [0, 0.1) is 12.8 Å². The van der Waals surface area contributed by atoms with Crippen LogP contribution in [0.1, 0.15) is 59.4 Å². The van der Waals surface area contributed by atoms with E-state index in [4.69, 9.17) is 9.47 Å². The lowest BCUT2D eigenvalue weighted by atomic mass is 10.1. The Hall–Kier alpha value is -2.83. The van der Waals surface area contributed by atoms with Crippen LogP contribution in [0.5, 0.6) is 5.75 Å². The van der Waals surface area contributed by atoms with Crippen molar-refractivity contribution in [3.8, 4) is 5.75 Å². The smallest absolute Gasteiger partial charge is 0.359 e. The Balaban J connectivity index is 1.22. The molecule has 1 aliphatic heterocycles. The van der Waals surface area contributed by atoms with Crippen molar-refractivity contribution < 1.29 is 19.1 Å². The SMILES string of the molecule is CCOC(=O)c1nn(CC(=O)N2CCC(Oc3ccccc3C)CC2)c2c1[C@@H]1C[C@@H]1C2. The van der Waals surface area contributed by atoms with E-state index in [1.165, 1.54) is 0 Å². The molecule has 0 bridgehead atoms. The maximum absolute atomic E-state index is 13.0. The van der Waals surface area contributed by atoms with Crippen molar-refractivity contribution >= 4 is 11.9 Å². The molecule has 0 unspecified atom stereocenters. The third kappa shape index (κ3) is 3.82. The van der Waals surface area contributed by atoms with Gasteiger partial charge in [0.2, 0.25) is 5.91 Å². The molecule has 2 atom stereocenters. The quantitative estimate of drug-likeness (QED) is 0.668. The summed E-state index contributed by atoms with van der Waals surface area (Å²) >= 11 is 0. The van der Waals surface area contributed by atoms with Crippen molar-refractivity contribution in [2.24, 2.45) is 5.92 Å². The largest absolute Gasteiger partial charge is 0.490 e. The fourth-order valence-corrected chi connectivity index (χ4v) is 4.99. The molecule has 2 heterocycles. The van der Waals surface area contributed by atoms with Crippen LogP contribution in [0.25, 0.3) is 0 Å². The summed E-state index contributed by atoms with van der Waals surface area (Å²) in [5, 5.41) is 4.51. The first-order valence-corrected chi connectivity index (χ1v) is 11.3. The van der Waals surface area contributed by atoms with E-state index < -0.39 is 0 Å². The second kappa shape index (κ2) is 8.02. The van der Waals surface area contributed by atoms with E-state index in [0.29, 0.717) is 37.2 Å². The summed E-state index contributed by atoms with van der Waals surface area (Å²) in [4.78, 5) is 27.3. The number of amides is 1. The molecule has 1 amide bonds. The summed E-state index contributed by atoms with van der Waals surface area (Å²) in [5.41, 5.74) is 3.63. The van der Waals surface area contributed by atoms with Crippen LogP contribution in [0.15, 0.2) is 24.3 Å². The van der Waals surface area contributed by atoms with Gasteiger partial charge in [-0.3, -0.25) is 9.48 Å². The van der Waals surface area contributed by atoms with Gasteiger partial charge in [-0.1, -0.05) is 18.2 Å². The van der Waals surface area contributed by atoms with E-state index in [-0.39, 0.29) is 24.5 Å². The number of benzene rings is 1. The van der Waals surface area contributed by atoms with Gasteiger partial charge in [0.25, 0.3) is 0 Å². The lowest BCUT2D eigenvalue weighted by Gasteiger charge is -2.32. The molecule has 164 valence electrons. The van der Waals surface area contributed by atoms with E-state index in [1.54, 1.807) is 11.6 Å². The number of aromatic nitrogens is 2. The molecule has 7 nitrogen and oxygen atoms in total. The zero-order valence-electron chi connectivity index (χ0n) is 18.2. The number of hydrogen-bond donors (Lipinski definition) is 0. The fraction of sp³-hybridized carbons (Fsp3) is 0.542. The van der Waals surface area contributed by atoms with Gasteiger partial charge in [0, 0.05) is 37.2 Å². The summed E-state index contributed by atoms with van der Waals surface area (Å²) < 4.78 is 13.1. The lowest BCUT2D eigenvalue weighted by Crippen LogP contribution is -2.43. The van der Waals surface area contributed by atoms with Crippen molar-refractivity contribution in [2.45, 2.75) is 58.1 Å². The average Bonchev–Trinajstić information content (AvgIpc) is 3.29. The number of aryl methyl sites for hydroxylation is 1. The van der Waals surface area contributed by atoms with Gasteiger partial charge in [-0.2, -0.15) is 5.10 Å². The minimum Gasteiger partial charge on any atom is -0.490 e. The molecule has 0 N–H and O–H groups in total. The van der Waals surface area contributed by atoms with Crippen molar-refractivity contribution in [2.75, 3.05) is 19.7 Å². The molecule has 1 aromatic heterocycles. The zero-order chi connectivity index (χ0) is 21.5. The van der Waals surface area contributed by atoms with Gasteiger partial charge in [-0.15, -0.1) is 0 Å². The highest BCUT2D eigenvalue weighted by atomic mass is 16.5. The number of piperidine rings is 1. The van der Waals surface area contributed by atoms with Crippen LogP contribution in [-0.4, -0.2) is 52.4 Å². The molecule has 1 saturated carbocycles. The summed E-state index contributed by atoms with van der Waals surface area (Å²) in [7, 11) is 0. The van der Waals surface area contributed by atoms with Gasteiger partial charge in [0.15, 0.2) is 5.69 Å². The van der Waals surface area contributed by atoms with Crippen LogP contribution in [0.4, 0.5) is 0 Å². The van der Waals surface area contributed by atoms with Crippen molar-refractivity contribution in [1.82, 2.24) is 14.7 Å². The molecule has 7 heteroatoms. The van der Waals surface area contributed by atoms with Gasteiger partial charge in [0.05, 0.1) is 6.61 Å². The monoisotopic (exact) mass is 423 g/mol. The van der Waals surface area contributed by atoms with Crippen molar-refractivity contribution in [3.05, 3.63) is 46.8 Å². The molecule has 31 heavy (non-hydrogen) atoms. The topological polar surface area (TPSA) is 73.7 Å². The maximum Gasteiger partial charge on any atom is 0.359 e. The first-order chi connectivity index (χ1) is 15.0.